The van der Waals surface area contributed by atoms with Crippen LogP contribution in [0.2, 0.25) is 0 Å². The Kier molecular flexibility index (Phi) is 6.57. The van der Waals surface area contributed by atoms with E-state index in [2.05, 4.69) is 0 Å². The van der Waals surface area contributed by atoms with Crippen molar-refractivity contribution in [2.24, 2.45) is 11.8 Å². The zero-order valence-electron chi connectivity index (χ0n) is 16.9. The molecule has 0 amide bonds. The van der Waals surface area contributed by atoms with Crippen molar-refractivity contribution in [3.8, 4) is 0 Å². The lowest BCUT2D eigenvalue weighted by Gasteiger charge is -2.28. The summed E-state index contributed by atoms with van der Waals surface area (Å²) in [6.45, 7) is 3.13. The molecule has 1 aliphatic rings. The van der Waals surface area contributed by atoms with Gasteiger partial charge in [-0.25, -0.2) is 9.59 Å². The van der Waals surface area contributed by atoms with Crippen LogP contribution in [0.5, 0.6) is 0 Å². The highest BCUT2D eigenvalue weighted by Crippen LogP contribution is 2.37. The molecule has 0 aromatic heterocycles. The molecule has 3 rings (SSSR count). The van der Waals surface area contributed by atoms with E-state index < -0.39 is 23.8 Å². The molecule has 0 saturated heterocycles. The minimum Gasteiger partial charge on any atom is -0.511 e. The minimum absolute atomic E-state index is 0.0357. The Bertz CT molecular complexity index is 894. The van der Waals surface area contributed by atoms with Gasteiger partial charge in [-0.1, -0.05) is 74.5 Å². The average Bonchev–Trinajstić information content (AvgIpc) is 2.76. The monoisotopic (exact) mass is 408 g/mol. The van der Waals surface area contributed by atoms with Gasteiger partial charge in [0.2, 0.25) is 0 Å². The maximum atomic E-state index is 12.6. The average molecular weight is 408 g/mol. The zero-order chi connectivity index (χ0) is 21.7. The second kappa shape index (κ2) is 9.31. The number of esters is 2. The molecule has 2 atom stereocenters. The van der Waals surface area contributed by atoms with E-state index >= 15 is 0 Å². The summed E-state index contributed by atoms with van der Waals surface area (Å²) in [7, 11) is 0. The largest absolute Gasteiger partial charge is 0.511 e. The summed E-state index contributed by atoms with van der Waals surface area (Å²) in [6.07, 6.45) is 0. The summed E-state index contributed by atoms with van der Waals surface area (Å²) in [5, 5.41) is 21.2. The van der Waals surface area contributed by atoms with Crippen LogP contribution in [0.4, 0.5) is 0 Å². The maximum absolute atomic E-state index is 12.6. The molecule has 2 N–H and O–H groups in total. The second-order valence-electron chi connectivity index (χ2n) is 7.16. The molecule has 1 aliphatic carbocycles. The molecule has 2 aromatic carbocycles. The van der Waals surface area contributed by atoms with Crippen molar-refractivity contribution >= 4 is 11.9 Å². The molecule has 6 nitrogen and oxygen atoms in total. The Balaban J connectivity index is 1.72. The summed E-state index contributed by atoms with van der Waals surface area (Å²) in [6, 6.07) is 18.3. The van der Waals surface area contributed by atoms with Crippen LogP contribution in [0.1, 0.15) is 25.0 Å². The summed E-state index contributed by atoms with van der Waals surface area (Å²) in [4.78, 5) is 25.2. The van der Waals surface area contributed by atoms with Gasteiger partial charge < -0.3 is 19.7 Å². The van der Waals surface area contributed by atoms with Crippen molar-refractivity contribution in [3.63, 3.8) is 0 Å². The van der Waals surface area contributed by atoms with E-state index in [0.29, 0.717) is 0 Å². The van der Waals surface area contributed by atoms with Gasteiger partial charge in [0, 0.05) is 11.8 Å². The highest BCUT2D eigenvalue weighted by molar-refractivity contribution is 5.95. The van der Waals surface area contributed by atoms with Crippen LogP contribution in [0.15, 0.2) is 83.3 Å². The number of hydrogen-bond donors (Lipinski definition) is 2. The molecule has 0 radical (unpaired) electrons. The van der Waals surface area contributed by atoms with Crippen LogP contribution in [0.25, 0.3) is 0 Å². The predicted molar refractivity (Wildman–Crippen MR) is 110 cm³/mol. The second-order valence-corrected chi connectivity index (χ2v) is 7.16. The van der Waals surface area contributed by atoms with Gasteiger partial charge in [0.1, 0.15) is 24.7 Å². The summed E-state index contributed by atoms with van der Waals surface area (Å²) in [5.41, 5.74) is 1.48. The Morgan fingerprint density at radius 1 is 0.700 bits per heavy atom. The van der Waals surface area contributed by atoms with Crippen LogP contribution in [0.3, 0.4) is 0 Å². The number of ether oxygens (including phenoxy) is 2. The molecule has 2 aromatic rings. The zero-order valence-corrected chi connectivity index (χ0v) is 16.9. The third-order valence-electron chi connectivity index (χ3n) is 5.10. The molecule has 6 heteroatoms. The van der Waals surface area contributed by atoms with Crippen molar-refractivity contribution in [1.82, 2.24) is 0 Å². The van der Waals surface area contributed by atoms with E-state index in [1.165, 1.54) is 13.8 Å². The molecule has 0 bridgehead atoms. The molecule has 0 aliphatic heterocycles. The lowest BCUT2D eigenvalue weighted by molar-refractivity contribution is -0.143. The molecule has 30 heavy (non-hydrogen) atoms. The minimum atomic E-state index is -0.899. The first kappa shape index (κ1) is 21.2. The third-order valence-corrected chi connectivity index (χ3v) is 5.10. The number of rotatable bonds is 6. The number of hydrogen-bond acceptors (Lipinski definition) is 6. The molecular weight excluding hydrogens is 384 g/mol. The van der Waals surface area contributed by atoms with Crippen LogP contribution >= 0.6 is 0 Å². The fourth-order valence-electron chi connectivity index (χ4n) is 3.35. The quantitative estimate of drug-likeness (QED) is 0.689. The maximum Gasteiger partial charge on any atom is 0.338 e. The van der Waals surface area contributed by atoms with Gasteiger partial charge in [0.25, 0.3) is 0 Å². The standard InChI is InChI=1S/C24H24O6/c1-15-19(23(27)29-13-17-9-5-3-6-10-17)22(26)16(2)20(21(15)25)24(28)30-14-18-11-7-4-8-12-18/h3-12,15-16,25-26H,13-14H2,1-2H3. The van der Waals surface area contributed by atoms with Gasteiger partial charge in [0.15, 0.2) is 0 Å². The van der Waals surface area contributed by atoms with Crippen molar-refractivity contribution in [1.29, 1.82) is 0 Å². The molecule has 2 unspecified atom stereocenters. The molecule has 156 valence electrons. The van der Waals surface area contributed by atoms with Crippen molar-refractivity contribution in [3.05, 3.63) is 94.5 Å². The first-order valence-electron chi connectivity index (χ1n) is 9.68. The van der Waals surface area contributed by atoms with Gasteiger partial charge in [0.05, 0.1) is 11.1 Å². The molecule has 0 fully saturated rings. The van der Waals surface area contributed by atoms with Crippen molar-refractivity contribution in [2.75, 3.05) is 0 Å². The van der Waals surface area contributed by atoms with Crippen LogP contribution in [-0.2, 0) is 32.3 Å². The number of carbonyl (C=O) groups excluding carboxylic acids is 2. The molecule has 0 heterocycles. The molecular formula is C24H24O6. The number of benzene rings is 2. The predicted octanol–water partition coefficient (Wildman–Crippen LogP) is 4.38. The van der Waals surface area contributed by atoms with Crippen LogP contribution in [0, 0.1) is 11.8 Å². The molecule has 0 spiro atoms. The first-order chi connectivity index (χ1) is 14.4. The first-order valence-corrected chi connectivity index (χ1v) is 9.68. The van der Waals surface area contributed by atoms with E-state index in [1.807, 2.05) is 60.7 Å². The fourth-order valence-corrected chi connectivity index (χ4v) is 3.35. The molecule has 0 saturated carbocycles. The third kappa shape index (κ3) is 4.54. The van der Waals surface area contributed by atoms with Gasteiger partial charge in [-0.05, 0) is 11.1 Å². The summed E-state index contributed by atoms with van der Waals surface area (Å²) < 4.78 is 10.6. The van der Waals surface area contributed by atoms with Gasteiger partial charge in [-0.15, -0.1) is 0 Å². The van der Waals surface area contributed by atoms with E-state index in [-0.39, 0.29) is 35.9 Å². The lowest BCUT2D eigenvalue weighted by atomic mass is 9.81. The Morgan fingerprint density at radius 3 is 1.37 bits per heavy atom. The van der Waals surface area contributed by atoms with Crippen LogP contribution < -0.4 is 0 Å². The lowest BCUT2D eigenvalue weighted by Crippen LogP contribution is -2.30. The summed E-state index contributed by atoms with van der Waals surface area (Å²) >= 11 is 0. The SMILES string of the molecule is CC1C(O)=C(C(=O)OCc2ccccc2)C(C)C(O)=C1C(=O)OCc1ccccc1. The normalized spacial score (nSPS) is 18.9. The van der Waals surface area contributed by atoms with E-state index in [9.17, 15) is 19.8 Å². The van der Waals surface area contributed by atoms with Gasteiger partial charge in [-0.3, -0.25) is 0 Å². The van der Waals surface area contributed by atoms with E-state index in [0.717, 1.165) is 11.1 Å². The Hall–Kier alpha value is -3.54. The van der Waals surface area contributed by atoms with E-state index in [1.54, 1.807) is 0 Å². The fraction of sp³-hybridized carbons (Fsp3) is 0.250. The van der Waals surface area contributed by atoms with Gasteiger partial charge in [-0.2, -0.15) is 0 Å². The summed E-state index contributed by atoms with van der Waals surface area (Å²) in [5.74, 6) is -3.87. The van der Waals surface area contributed by atoms with Crippen molar-refractivity contribution < 1.29 is 29.3 Å². The van der Waals surface area contributed by atoms with E-state index in [4.69, 9.17) is 9.47 Å². The topological polar surface area (TPSA) is 93.1 Å². The smallest absolute Gasteiger partial charge is 0.338 e. The number of aliphatic hydroxyl groups excluding tert-OH is 2. The van der Waals surface area contributed by atoms with Crippen molar-refractivity contribution in [2.45, 2.75) is 27.1 Å². The number of allylic oxidation sites excluding steroid dienone is 2. The Morgan fingerprint density at radius 2 is 1.03 bits per heavy atom. The number of aliphatic hydroxyl groups is 2. The Labute approximate surface area is 175 Å². The number of carbonyl (C=O) groups is 2. The van der Waals surface area contributed by atoms with Crippen LogP contribution in [-0.4, -0.2) is 22.2 Å². The van der Waals surface area contributed by atoms with Gasteiger partial charge >= 0.3 is 11.9 Å². The highest BCUT2D eigenvalue weighted by Gasteiger charge is 2.40. The highest BCUT2D eigenvalue weighted by atomic mass is 16.5.